The van der Waals surface area contributed by atoms with Gasteiger partial charge in [-0.2, -0.15) is 0 Å². The highest BCUT2D eigenvalue weighted by Crippen LogP contribution is 2.30. The third-order valence-electron chi connectivity index (χ3n) is 5.48. The van der Waals surface area contributed by atoms with Crippen molar-refractivity contribution < 1.29 is 0 Å². The fourth-order valence-corrected chi connectivity index (χ4v) is 4.26. The van der Waals surface area contributed by atoms with Crippen LogP contribution in [0.1, 0.15) is 24.8 Å². The van der Waals surface area contributed by atoms with E-state index < -0.39 is 0 Å². The van der Waals surface area contributed by atoms with E-state index in [0.717, 1.165) is 24.9 Å². The Morgan fingerprint density at radius 3 is 2.76 bits per heavy atom. The zero-order valence-corrected chi connectivity index (χ0v) is 13.2. The van der Waals surface area contributed by atoms with E-state index in [-0.39, 0.29) is 0 Å². The minimum atomic E-state index is 0.501. The predicted molar refractivity (Wildman–Crippen MR) is 88.3 cm³/mol. The molecule has 116 valence electrons. The summed E-state index contributed by atoms with van der Waals surface area (Å²) < 4.78 is 0. The van der Waals surface area contributed by atoms with E-state index in [0.29, 0.717) is 6.04 Å². The molecule has 1 aromatic carbocycles. The van der Waals surface area contributed by atoms with E-state index in [4.69, 9.17) is 5.73 Å². The van der Waals surface area contributed by atoms with Crippen LogP contribution in [0.2, 0.25) is 0 Å². The molecule has 1 aromatic rings. The van der Waals surface area contributed by atoms with Crippen LogP contribution in [0.5, 0.6) is 0 Å². The first-order valence-corrected chi connectivity index (χ1v) is 8.46. The van der Waals surface area contributed by atoms with Gasteiger partial charge >= 0.3 is 0 Å². The van der Waals surface area contributed by atoms with Gasteiger partial charge in [-0.3, -0.25) is 4.90 Å². The molecule has 0 amide bonds. The second kappa shape index (κ2) is 6.91. The molecule has 0 bridgehead atoms. The Morgan fingerprint density at radius 2 is 2.00 bits per heavy atom. The van der Waals surface area contributed by atoms with Crippen molar-refractivity contribution in [2.75, 3.05) is 33.2 Å². The smallest absolute Gasteiger partial charge is 0.0258 e. The fourth-order valence-electron chi connectivity index (χ4n) is 4.26. The lowest BCUT2D eigenvalue weighted by Crippen LogP contribution is -2.56. The summed E-state index contributed by atoms with van der Waals surface area (Å²) in [6.45, 7) is 4.50. The lowest BCUT2D eigenvalue weighted by molar-refractivity contribution is 0.0216. The molecule has 0 saturated carbocycles. The normalized spacial score (nSPS) is 29.0. The minimum Gasteiger partial charge on any atom is -0.329 e. The minimum absolute atomic E-state index is 0.501. The molecule has 3 nitrogen and oxygen atoms in total. The van der Waals surface area contributed by atoms with Gasteiger partial charge in [0.25, 0.3) is 0 Å². The molecule has 0 aromatic heterocycles. The van der Waals surface area contributed by atoms with Crippen LogP contribution in [-0.4, -0.2) is 55.1 Å². The van der Waals surface area contributed by atoms with Gasteiger partial charge in [-0.15, -0.1) is 0 Å². The van der Waals surface area contributed by atoms with Crippen molar-refractivity contribution in [2.24, 2.45) is 11.7 Å². The monoisotopic (exact) mass is 287 g/mol. The summed E-state index contributed by atoms with van der Waals surface area (Å²) in [5.41, 5.74) is 7.51. The zero-order chi connectivity index (χ0) is 14.7. The molecule has 2 aliphatic heterocycles. The molecule has 2 aliphatic rings. The van der Waals surface area contributed by atoms with Gasteiger partial charge in [0.1, 0.15) is 0 Å². The molecule has 2 fully saturated rings. The van der Waals surface area contributed by atoms with Crippen molar-refractivity contribution >= 4 is 0 Å². The largest absolute Gasteiger partial charge is 0.329 e. The second-order valence-corrected chi connectivity index (χ2v) is 6.81. The number of nitrogens with zero attached hydrogens (tertiary/aromatic N) is 2. The van der Waals surface area contributed by atoms with Crippen molar-refractivity contribution in [2.45, 2.75) is 37.8 Å². The Kier molecular flexibility index (Phi) is 4.94. The summed E-state index contributed by atoms with van der Waals surface area (Å²) in [7, 11) is 2.30. The topological polar surface area (TPSA) is 32.5 Å². The Balaban J connectivity index is 1.63. The van der Waals surface area contributed by atoms with Crippen LogP contribution in [0.25, 0.3) is 0 Å². The first-order chi connectivity index (χ1) is 10.3. The van der Waals surface area contributed by atoms with Crippen molar-refractivity contribution in [1.82, 2.24) is 9.80 Å². The van der Waals surface area contributed by atoms with E-state index in [1.165, 1.54) is 44.5 Å². The van der Waals surface area contributed by atoms with E-state index in [9.17, 15) is 0 Å². The number of nitrogens with two attached hydrogens (primary N) is 1. The van der Waals surface area contributed by atoms with Gasteiger partial charge < -0.3 is 10.6 Å². The van der Waals surface area contributed by atoms with Gasteiger partial charge in [0.2, 0.25) is 0 Å². The molecule has 2 heterocycles. The summed E-state index contributed by atoms with van der Waals surface area (Å²) in [6, 6.07) is 12.1. The summed E-state index contributed by atoms with van der Waals surface area (Å²) in [4.78, 5) is 5.24. The standard InChI is InChI=1S/C18H29N3/c1-20-10-5-8-16-14-21(11-9-18(16)20)17(13-19)12-15-6-3-2-4-7-15/h2-4,6-7,16-18H,5,8-14,19H2,1H3. The number of fused-ring (bicyclic) bond motifs is 1. The number of rotatable bonds is 4. The van der Waals surface area contributed by atoms with Gasteiger partial charge in [0.15, 0.2) is 0 Å². The van der Waals surface area contributed by atoms with Crippen LogP contribution in [0.4, 0.5) is 0 Å². The quantitative estimate of drug-likeness (QED) is 0.919. The number of hydrogen-bond donors (Lipinski definition) is 1. The highest BCUT2D eigenvalue weighted by Gasteiger charge is 2.35. The second-order valence-electron chi connectivity index (χ2n) is 6.81. The Labute approximate surface area is 129 Å². The third kappa shape index (κ3) is 3.47. The average Bonchev–Trinajstić information content (AvgIpc) is 2.53. The van der Waals surface area contributed by atoms with Gasteiger partial charge in [-0.25, -0.2) is 0 Å². The number of piperidine rings is 2. The first-order valence-electron chi connectivity index (χ1n) is 8.46. The highest BCUT2D eigenvalue weighted by molar-refractivity contribution is 5.16. The Morgan fingerprint density at radius 1 is 1.19 bits per heavy atom. The van der Waals surface area contributed by atoms with E-state index in [2.05, 4.69) is 47.2 Å². The Hall–Kier alpha value is -0.900. The molecular weight excluding hydrogens is 258 g/mol. The van der Waals surface area contributed by atoms with Gasteiger partial charge in [0, 0.05) is 31.7 Å². The lowest BCUT2D eigenvalue weighted by Gasteiger charge is -2.48. The van der Waals surface area contributed by atoms with Crippen LogP contribution < -0.4 is 5.73 Å². The van der Waals surface area contributed by atoms with E-state index >= 15 is 0 Å². The summed E-state index contributed by atoms with van der Waals surface area (Å²) in [5.74, 6) is 0.849. The average molecular weight is 287 g/mol. The van der Waals surface area contributed by atoms with Crippen molar-refractivity contribution in [3.05, 3.63) is 35.9 Å². The number of hydrogen-bond acceptors (Lipinski definition) is 3. The Bertz CT molecular complexity index is 433. The molecule has 3 atom stereocenters. The van der Waals surface area contributed by atoms with E-state index in [1.54, 1.807) is 0 Å². The predicted octanol–water partition coefficient (Wildman–Crippen LogP) is 1.97. The highest BCUT2D eigenvalue weighted by atomic mass is 15.2. The molecule has 21 heavy (non-hydrogen) atoms. The number of benzene rings is 1. The van der Waals surface area contributed by atoms with Gasteiger partial charge in [-0.1, -0.05) is 30.3 Å². The maximum atomic E-state index is 6.09. The lowest BCUT2D eigenvalue weighted by atomic mass is 9.83. The summed E-state index contributed by atoms with van der Waals surface area (Å²) in [6.07, 6.45) is 5.16. The molecule has 3 heteroatoms. The van der Waals surface area contributed by atoms with Gasteiger partial charge in [-0.05, 0) is 50.8 Å². The van der Waals surface area contributed by atoms with E-state index in [1.807, 2.05) is 0 Å². The van der Waals surface area contributed by atoms with Crippen LogP contribution in [0.15, 0.2) is 30.3 Å². The van der Waals surface area contributed by atoms with Crippen LogP contribution in [0.3, 0.4) is 0 Å². The summed E-state index contributed by atoms with van der Waals surface area (Å²) in [5, 5.41) is 0. The van der Waals surface area contributed by atoms with Crippen molar-refractivity contribution in [3.63, 3.8) is 0 Å². The molecule has 0 aliphatic carbocycles. The molecule has 0 radical (unpaired) electrons. The van der Waals surface area contributed by atoms with Crippen molar-refractivity contribution in [1.29, 1.82) is 0 Å². The summed E-state index contributed by atoms with van der Waals surface area (Å²) >= 11 is 0. The zero-order valence-electron chi connectivity index (χ0n) is 13.2. The molecule has 2 saturated heterocycles. The van der Waals surface area contributed by atoms with Crippen LogP contribution >= 0.6 is 0 Å². The SMILES string of the molecule is CN1CCCC2CN(C(CN)Cc3ccccc3)CCC21. The fraction of sp³-hybridized carbons (Fsp3) is 0.667. The maximum absolute atomic E-state index is 6.09. The van der Waals surface area contributed by atoms with Crippen molar-refractivity contribution in [3.8, 4) is 0 Å². The molecular formula is C18H29N3. The first kappa shape index (κ1) is 15.0. The number of likely N-dealkylation sites (tertiary alicyclic amines) is 2. The van der Waals surface area contributed by atoms with Crippen LogP contribution in [0, 0.1) is 5.92 Å². The van der Waals surface area contributed by atoms with Gasteiger partial charge in [0.05, 0.1) is 0 Å². The molecule has 0 spiro atoms. The maximum Gasteiger partial charge on any atom is 0.0258 e. The molecule has 2 N–H and O–H groups in total. The molecule has 3 unspecified atom stereocenters. The van der Waals surface area contributed by atoms with Crippen LogP contribution in [-0.2, 0) is 6.42 Å². The third-order valence-corrected chi connectivity index (χ3v) is 5.48. The molecule has 3 rings (SSSR count).